The maximum absolute atomic E-state index is 12.2. The number of amides is 1. The minimum absolute atomic E-state index is 0.138. The standard InChI is InChI=1S/C19H22N2O4/c1-23-18-11-14(8-9-20-18)12-21-19(22)15-4-6-16(7-5-15)25-13-17-3-2-10-24-17/h4-9,11,17H,2-3,10,12-13H2,1H3,(H,21,22). The van der Waals surface area contributed by atoms with Crippen molar-refractivity contribution in [3.05, 3.63) is 53.7 Å². The molecule has 0 bridgehead atoms. The quantitative estimate of drug-likeness (QED) is 0.837. The summed E-state index contributed by atoms with van der Waals surface area (Å²) >= 11 is 0. The summed E-state index contributed by atoms with van der Waals surface area (Å²) < 4.78 is 16.3. The van der Waals surface area contributed by atoms with Gasteiger partial charge < -0.3 is 19.5 Å². The number of rotatable bonds is 7. The molecule has 1 aliphatic heterocycles. The normalized spacial score (nSPS) is 16.4. The molecule has 6 heteroatoms. The summed E-state index contributed by atoms with van der Waals surface area (Å²) in [6.07, 6.45) is 3.97. The molecule has 132 valence electrons. The lowest BCUT2D eigenvalue weighted by Crippen LogP contribution is -2.22. The second-order valence-electron chi connectivity index (χ2n) is 5.86. The highest BCUT2D eigenvalue weighted by atomic mass is 16.5. The molecule has 6 nitrogen and oxygen atoms in total. The van der Waals surface area contributed by atoms with Gasteiger partial charge in [0.25, 0.3) is 5.91 Å². The first-order valence-electron chi connectivity index (χ1n) is 8.36. The van der Waals surface area contributed by atoms with E-state index in [1.54, 1.807) is 43.6 Å². The van der Waals surface area contributed by atoms with Gasteiger partial charge in [-0.3, -0.25) is 4.79 Å². The van der Waals surface area contributed by atoms with Gasteiger partial charge in [0.05, 0.1) is 13.2 Å². The summed E-state index contributed by atoms with van der Waals surface area (Å²) in [7, 11) is 1.56. The fraction of sp³-hybridized carbons (Fsp3) is 0.368. The Balaban J connectivity index is 1.49. The minimum atomic E-state index is -0.138. The molecule has 1 unspecified atom stereocenters. The number of methoxy groups -OCH3 is 1. The van der Waals surface area contributed by atoms with Crippen LogP contribution in [-0.4, -0.2) is 37.3 Å². The van der Waals surface area contributed by atoms with E-state index in [-0.39, 0.29) is 12.0 Å². The van der Waals surface area contributed by atoms with Crippen molar-refractivity contribution < 1.29 is 19.0 Å². The predicted octanol–water partition coefficient (Wildman–Crippen LogP) is 2.58. The first-order valence-corrected chi connectivity index (χ1v) is 8.36. The fourth-order valence-electron chi connectivity index (χ4n) is 2.62. The average Bonchev–Trinajstić information content (AvgIpc) is 3.18. The van der Waals surface area contributed by atoms with Crippen LogP contribution in [0.5, 0.6) is 11.6 Å². The third kappa shape index (κ3) is 4.93. The summed E-state index contributed by atoms with van der Waals surface area (Å²) in [6.45, 7) is 1.78. The zero-order chi connectivity index (χ0) is 17.5. The van der Waals surface area contributed by atoms with Gasteiger partial charge in [0.1, 0.15) is 12.4 Å². The molecule has 3 rings (SSSR count). The third-order valence-corrected chi connectivity index (χ3v) is 4.04. The van der Waals surface area contributed by atoms with E-state index in [0.29, 0.717) is 24.6 Å². The summed E-state index contributed by atoms with van der Waals surface area (Å²) in [5.41, 5.74) is 1.52. The van der Waals surface area contributed by atoms with Crippen molar-refractivity contribution in [2.45, 2.75) is 25.5 Å². The first-order chi connectivity index (χ1) is 12.2. The van der Waals surface area contributed by atoms with Gasteiger partial charge in [0.15, 0.2) is 0 Å². The number of pyridine rings is 1. The van der Waals surface area contributed by atoms with Crippen LogP contribution in [0.25, 0.3) is 0 Å². The maximum atomic E-state index is 12.2. The van der Waals surface area contributed by atoms with Crippen molar-refractivity contribution in [3.63, 3.8) is 0 Å². The molecule has 1 saturated heterocycles. The lowest BCUT2D eigenvalue weighted by Gasteiger charge is -2.12. The summed E-state index contributed by atoms with van der Waals surface area (Å²) in [6, 6.07) is 10.8. The molecule has 0 radical (unpaired) electrons. The van der Waals surface area contributed by atoms with Crippen LogP contribution in [0.1, 0.15) is 28.8 Å². The molecule has 0 spiro atoms. The fourth-order valence-corrected chi connectivity index (χ4v) is 2.62. The Hall–Kier alpha value is -2.60. The number of nitrogens with one attached hydrogen (secondary N) is 1. The molecular formula is C19H22N2O4. The van der Waals surface area contributed by atoms with E-state index in [1.807, 2.05) is 6.07 Å². The molecule has 0 saturated carbocycles. The molecule has 1 N–H and O–H groups in total. The van der Waals surface area contributed by atoms with E-state index in [1.165, 1.54) is 0 Å². The number of ether oxygens (including phenoxy) is 3. The highest BCUT2D eigenvalue weighted by Crippen LogP contribution is 2.17. The van der Waals surface area contributed by atoms with Crippen LogP contribution in [0.15, 0.2) is 42.6 Å². The Bertz CT molecular complexity index is 697. The van der Waals surface area contributed by atoms with E-state index in [0.717, 1.165) is 30.8 Å². The number of aromatic nitrogens is 1. The summed E-state index contributed by atoms with van der Waals surface area (Å²) in [4.78, 5) is 16.3. The first kappa shape index (κ1) is 17.2. The van der Waals surface area contributed by atoms with Crippen molar-refractivity contribution in [1.82, 2.24) is 10.3 Å². The number of carbonyl (C=O) groups is 1. The Kier molecular flexibility index (Phi) is 5.85. The smallest absolute Gasteiger partial charge is 0.251 e. The number of hydrogen-bond donors (Lipinski definition) is 1. The van der Waals surface area contributed by atoms with Crippen LogP contribution in [0.3, 0.4) is 0 Å². The van der Waals surface area contributed by atoms with E-state index in [9.17, 15) is 4.79 Å². The second kappa shape index (κ2) is 8.48. The zero-order valence-corrected chi connectivity index (χ0v) is 14.2. The van der Waals surface area contributed by atoms with Crippen molar-refractivity contribution in [1.29, 1.82) is 0 Å². The van der Waals surface area contributed by atoms with Crippen LogP contribution in [0.2, 0.25) is 0 Å². The predicted molar refractivity (Wildman–Crippen MR) is 92.9 cm³/mol. The van der Waals surface area contributed by atoms with Crippen LogP contribution in [0.4, 0.5) is 0 Å². The number of carbonyl (C=O) groups excluding carboxylic acids is 1. The molecule has 2 aromatic rings. The van der Waals surface area contributed by atoms with Crippen molar-refractivity contribution in [2.75, 3.05) is 20.3 Å². The van der Waals surface area contributed by atoms with Crippen LogP contribution >= 0.6 is 0 Å². The highest BCUT2D eigenvalue weighted by molar-refractivity contribution is 5.94. The largest absolute Gasteiger partial charge is 0.491 e. The van der Waals surface area contributed by atoms with Gasteiger partial charge in [-0.05, 0) is 48.7 Å². The number of nitrogens with zero attached hydrogens (tertiary/aromatic N) is 1. The molecule has 0 aliphatic carbocycles. The van der Waals surface area contributed by atoms with Crippen LogP contribution in [0, 0.1) is 0 Å². The van der Waals surface area contributed by atoms with Gasteiger partial charge in [0, 0.05) is 31.0 Å². The van der Waals surface area contributed by atoms with Crippen molar-refractivity contribution in [3.8, 4) is 11.6 Å². The molecule has 1 aromatic heterocycles. The minimum Gasteiger partial charge on any atom is -0.491 e. The average molecular weight is 342 g/mol. The van der Waals surface area contributed by atoms with Gasteiger partial charge in [-0.15, -0.1) is 0 Å². The lowest BCUT2D eigenvalue weighted by molar-refractivity contribution is 0.0679. The second-order valence-corrected chi connectivity index (χ2v) is 5.86. The Morgan fingerprint density at radius 2 is 2.16 bits per heavy atom. The monoisotopic (exact) mass is 342 g/mol. The van der Waals surface area contributed by atoms with E-state index >= 15 is 0 Å². The Morgan fingerprint density at radius 1 is 1.32 bits per heavy atom. The van der Waals surface area contributed by atoms with Crippen molar-refractivity contribution in [2.24, 2.45) is 0 Å². The molecule has 1 atom stereocenters. The molecule has 2 heterocycles. The van der Waals surface area contributed by atoms with Gasteiger partial charge in [0.2, 0.25) is 5.88 Å². The highest BCUT2D eigenvalue weighted by Gasteiger charge is 2.16. The maximum Gasteiger partial charge on any atom is 0.251 e. The van der Waals surface area contributed by atoms with Gasteiger partial charge >= 0.3 is 0 Å². The van der Waals surface area contributed by atoms with Crippen LogP contribution < -0.4 is 14.8 Å². The zero-order valence-electron chi connectivity index (χ0n) is 14.2. The summed E-state index contributed by atoms with van der Waals surface area (Å²) in [5.74, 6) is 1.13. The SMILES string of the molecule is COc1cc(CNC(=O)c2ccc(OCC3CCCO3)cc2)ccn1. The van der Waals surface area contributed by atoms with E-state index in [2.05, 4.69) is 10.3 Å². The lowest BCUT2D eigenvalue weighted by atomic mass is 10.2. The molecule has 1 amide bonds. The number of hydrogen-bond acceptors (Lipinski definition) is 5. The number of benzene rings is 1. The molecular weight excluding hydrogens is 320 g/mol. The molecule has 1 aromatic carbocycles. The molecule has 1 aliphatic rings. The van der Waals surface area contributed by atoms with E-state index < -0.39 is 0 Å². The Labute approximate surface area is 147 Å². The van der Waals surface area contributed by atoms with Gasteiger partial charge in [-0.25, -0.2) is 4.98 Å². The Morgan fingerprint density at radius 3 is 2.88 bits per heavy atom. The van der Waals surface area contributed by atoms with Gasteiger partial charge in [-0.2, -0.15) is 0 Å². The molecule has 25 heavy (non-hydrogen) atoms. The molecule has 1 fully saturated rings. The third-order valence-electron chi connectivity index (χ3n) is 4.04. The van der Waals surface area contributed by atoms with E-state index in [4.69, 9.17) is 14.2 Å². The van der Waals surface area contributed by atoms with Crippen LogP contribution in [-0.2, 0) is 11.3 Å². The van der Waals surface area contributed by atoms with Crippen molar-refractivity contribution >= 4 is 5.91 Å². The summed E-state index contributed by atoms with van der Waals surface area (Å²) in [5, 5.41) is 2.88. The van der Waals surface area contributed by atoms with Gasteiger partial charge in [-0.1, -0.05) is 0 Å². The topological polar surface area (TPSA) is 69.7 Å².